The van der Waals surface area contributed by atoms with Crippen molar-refractivity contribution in [2.75, 3.05) is 20.8 Å². The number of hydrogen-bond donors (Lipinski definition) is 1. The number of carbonyl (C=O) groups excluding carboxylic acids is 1. The highest BCUT2D eigenvalue weighted by molar-refractivity contribution is 5.76. The SMILES string of the molecule is CCc1c(C)nc(-n2nc(C)cc2C)n(CC(=O)NCCc2ccc(OC)c(OC)c2)c1=O. The first-order chi connectivity index (χ1) is 15.8. The molecule has 9 heteroatoms. The summed E-state index contributed by atoms with van der Waals surface area (Å²) in [6, 6.07) is 7.55. The number of benzene rings is 1. The van der Waals surface area contributed by atoms with Crippen molar-refractivity contribution in [3.8, 4) is 17.4 Å². The Hall–Kier alpha value is -3.62. The van der Waals surface area contributed by atoms with Gasteiger partial charge in [-0.3, -0.25) is 14.2 Å². The lowest BCUT2D eigenvalue weighted by Crippen LogP contribution is -2.37. The molecule has 3 aromatic rings. The van der Waals surface area contributed by atoms with E-state index < -0.39 is 0 Å². The fourth-order valence-corrected chi connectivity index (χ4v) is 3.81. The Morgan fingerprint density at radius 2 is 1.82 bits per heavy atom. The summed E-state index contributed by atoms with van der Waals surface area (Å²) in [6.45, 7) is 7.75. The maximum atomic E-state index is 13.2. The number of methoxy groups -OCH3 is 2. The molecule has 2 heterocycles. The minimum atomic E-state index is -0.270. The van der Waals surface area contributed by atoms with Crippen LogP contribution in [0.15, 0.2) is 29.1 Å². The number of aryl methyl sites for hydroxylation is 3. The van der Waals surface area contributed by atoms with Gasteiger partial charge >= 0.3 is 0 Å². The van der Waals surface area contributed by atoms with Crippen LogP contribution in [0.5, 0.6) is 11.5 Å². The molecule has 0 aliphatic carbocycles. The molecule has 9 nitrogen and oxygen atoms in total. The molecule has 0 unspecified atom stereocenters. The van der Waals surface area contributed by atoms with Crippen molar-refractivity contribution in [2.24, 2.45) is 0 Å². The predicted molar refractivity (Wildman–Crippen MR) is 125 cm³/mol. The fourth-order valence-electron chi connectivity index (χ4n) is 3.81. The topological polar surface area (TPSA) is 100 Å². The van der Waals surface area contributed by atoms with E-state index in [1.165, 1.54) is 4.57 Å². The van der Waals surface area contributed by atoms with Crippen LogP contribution >= 0.6 is 0 Å². The molecular weight excluding hydrogens is 422 g/mol. The van der Waals surface area contributed by atoms with Crippen LogP contribution in [0.3, 0.4) is 0 Å². The zero-order valence-electron chi connectivity index (χ0n) is 20.1. The second-order valence-corrected chi connectivity index (χ2v) is 7.85. The molecule has 0 saturated heterocycles. The maximum Gasteiger partial charge on any atom is 0.258 e. The maximum absolute atomic E-state index is 13.2. The average Bonchev–Trinajstić information content (AvgIpc) is 3.13. The molecule has 33 heavy (non-hydrogen) atoms. The number of amides is 1. The van der Waals surface area contributed by atoms with Gasteiger partial charge in [-0.05, 0) is 57.4 Å². The molecule has 0 atom stereocenters. The van der Waals surface area contributed by atoms with Crippen LogP contribution in [-0.2, 0) is 24.2 Å². The van der Waals surface area contributed by atoms with Gasteiger partial charge in [-0.25, -0.2) is 9.67 Å². The first-order valence-electron chi connectivity index (χ1n) is 10.9. The molecule has 0 spiro atoms. The molecule has 0 aliphatic rings. The quantitative estimate of drug-likeness (QED) is 0.534. The van der Waals surface area contributed by atoms with Crippen molar-refractivity contribution < 1.29 is 14.3 Å². The highest BCUT2D eigenvalue weighted by Gasteiger charge is 2.19. The minimum Gasteiger partial charge on any atom is -0.493 e. The van der Waals surface area contributed by atoms with Crippen LogP contribution < -0.4 is 20.3 Å². The van der Waals surface area contributed by atoms with Gasteiger partial charge in [0.15, 0.2) is 11.5 Å². The lowest BCUT2D eigenvalue weighted by atomic mass is 10.1. The summed E-state index contributed by atoms with van der Waals surface area (Å²) in [4.78, 5) is 30.6. The summed E-state index contributed by atoms with van der Waals surface area (Å²) in [5, 5.41) is 7.35. The van der Waals surface area contributed by atoms with E-state index in [2.05, 4.69) is 15.4 Å². The van der Waals surface area contributed by atoms with Gasteiger partial charge in [0, 0.05) is 17.8 Å². The Bertz CT molecular complexity index is 1210. The van der Waals surface area contributed by atoms with E-state index in [9.17, 15) is 9.59 Å². The zero-order chi connectivity index (χ0) is 24.1. The third kappa shape index (κ3) is 5.24. The summed E-state index contributed by atoms with van der Waals surface area (Å²) in [6.07, 6.45) is 1.15. The first-order valence-corrected chi connectivity index (χ1v) is 10.9. The summed E-state index contributed by atoms with van der Waals surface area (Å²) in [5.41, 5.74) is 3.67. The molecule has 1 amide bonds. The molecule has 0 bridgehead atoms. The van der Waals surface area contributed by atoms with E-state index in [-0.39, 0.29) is 18.0 Å². The fraction of sp³-hybridized carbons (Fsp3) is 0.417. The number of aromatic nitrogens is 4. The van der Waals surface area contributed by atoms with Crippen molar-refractivity contribution in [1.29, 1.82) is 0 Å². The number of rotatable bonds is 9. The second-order valence-electron chi connectivity index (χ2n) is 7.85. The smallest absolute Gasteiger partial charge is 0.258 e. The number of carbonyl (C=O) groups is 1. The van der Waals surface area contributed by atoms with Gasteiger partial charge in [0.1, 0.15) is 6.54 Å². The van der Waals surface area contributed by atoms with Crippen molar-refractivity contribution in [3.05, 3.63) is 62.8 Å². The van der Waals surface area contributed by atoms with Gasteiger partial charge in [-0.15, -0.1) is 0 Å². The van der Waals surface area contributed by atoms with Crippen LogP contribution in [0.1, 0.15) is 35.1 Å². The van der Waals surface area contributed by atoms with Crippen molar-refractivity contribution in [2.45, 2.75) is 47.1 Å². The normalized spacial score (nSPS) is 10.8. The molecule has 1 N–H and O–H groups in total. The molecule has 0 radical (unpaired) electrons. The number of ether oxygens (including phenoxy) is 2. The molecule has 2 aromatic heterocycles. The third-order valence-corrected chi connectivity index (χ3v) is 5.49. The van der Waals surface area contributed by atoms with Crippen LogP contribution in [0.4, 0.5) is 0 Å². The predicted octanol–water partition coefficient (Wildman–Crippen LogP) is 2.29. The Morgan fingerprint density at radius 1 is 1.09 bits per heavy atom. The Labute approximate surface area is 193 Å². The van der Waals surface area contributed by atoms with Crippen LogP contribution in [-0.4, -0.2) is 46.0 Å². The van der Waals surface area contributed by atoms with Crippen molar-refractivity contribution in [1.82, 2.24) is 24.6 Å². The molecule has 0 saturated carbocycles. The second kappa shape index (κ2) is 10.3. The van der Waals surface area contributed by atoms with E-state index in [4.69, 9.17) is 9.47 Å². The lowest BCUT2D eigenvalue weighted by Gasteiger charge is -2.16. The molecule has 0 fully saturated rings. The largest absolute Gasteiger partial charge is 0.493 e. The van der Waals surface area contributed by atoms with Crippen molar-refractivity contribution >= 4 is 5.91 Å². The summed E-state index contributed by atoms with van der Waals surface area (Å²) >= 11 is 0. The minimum absolute atomic E-state index is 0.140. The molecule has 0 aliphatic heterocycles. The summed E-state index contributed by atoms with van der Waals surface area (Å²) in [5.74, 6) is 1.36. The zero-order valence-corrected chi connectivity index (χ0v) is 20.1. The molecule has 176 valence electrons. The molecular formula is C24H31N5O4. The van der Waals surface area contributed by atoms with Gasteiger partial charge in [0.05, 0.1) is 25.6 Å². The Kier molecular flexibility index (Phi) is 7.52. The van der Waals surface area contributed by atoms with Gasteiger partial charge in [0.25, 0.3) is 5.56 Å². The molecule has 3 rings (SSSR count). The standard InChI is InChI=1S/C24H31N5O4/c1-7-19-17(4)26-24(29-16(3)12-15(2)27-29)28(23(19)31)14-22(30)25-11-10-18-8-9-20(32-5)21(13-18)33-6/h8-9,12-13H,7,10-11,14H2,1-6H3,(H,25,30). The summed E-state index contributed by atoms with van der Waals surface area (Å²) in [7, 11) is 3.17. The van der Waals surface area contributed by atoms with E-state index in [1.807, 2.05) is 52.0 Å². The average molecular weight is 454 g/mol. The van der Waals surface area contributed by atoms with Crippen LogP contribution in [0.2, 0.25) is 0 Å². The van der Waals surface area contributed by atoms with Gasteiger partial charge in [-0.1, -0.05) is 13.0 Å². The Balaban J connectivity index is 1.79. The van der Waals surface area contributed by atoms with Gasteiger partial charge < -0.3 is 14.8 Å². The third-order valence-electron chi connectivity index (χ3n) is 5.49. The van der Waals surface area contributed by atoms with E-state index in [1.54, 1.807) is 18.9 Å². The monoisotopic (exact) mass is 453 g/mol. The summed E-state index contributed by atoms with van der Waals surface area (Å²) < 4.78 is 13.6. The highest BCUT2D eigenvalue weighted by atomic mass is 16.5. The van der Waals surface area contributed by atoms with E-state index >= 15 is 0 Å². The highest BCUT2D eigenvalue weighted by Crippen LogP contribution is 2.27. The van der Waals surface area contributed by atoms with E-state index in [0.717, 1.165) is 17.0 Å². The number of hydrogen-bond acceptors (Lipinski definition) is 6. The van der Waals surface area contributed by atoms with Gasteiger partial charge in [-0.2, -0.15) is 5.10 Å². The lowest BCUT2D eigenvalue weighted by molar-refractivity contribution is -0.121. The number of nitrogens with zero attached hydrogens (tertiary/aromatic N) is 4. The van der Waals surface area contributed by atoms with Gasteiger partial charge in [0.2, 0.25) is 11.9 Å². The number of nitrogens with one attached hydrogen (secondary N) is 1. The Morgan fingerprint density at radius 3 is 2.42 bits per heavy atom. The van der Waals surface area contributed by atoms with E-state index in [0.29, 0.717) is 48.1 Å². The van der Waals surface area contributed by atoms with Crippen LogP contribution in [0.25, 0.3) is 5.95 Å². The first kappa shape index (κ1) is 24.0. The van der Waals surface area contributed by atoms with Crippen molar-refractivity contribution in [3.63, 3.8) is 0 Å². The molecule has 1 aromatic carbocycles. The van der Waals surface area contributed by atoms with Crippen LogP contribution in [0, 0.1) is 20.8 Å².